The van der Waals surface area contributed by atoms with Crippen molar-refractivity contribution in [2.24, 2.45) is 5.92 Å². The van der Waals surface area contributed by atoms with Crippen LogP contribution in [0, 0.1) is 5.92 Å². The van der Waals surface area contributed by atoms with Gasteiger partial charge in [0.15, 0.2) is 0 Å². The normalized spacial score (nSPS) is 15.4. The van der Waals surface area contributed by atoms with Crippen molar-refractivity contribution in [1.29, 1.82) is 0 Å². The summed E-state index contributed by atoms with van der Waals surface area (Å²) in [6, 6.07) is 8.10. The van der Waals surface area contributed by atoms with Gasteiger partial charge in [-0.2, -0.15) is 8.78 Å². The fraction of sp³-hybridized carbons (Fsp3) is 0.600. The van der Waals surface area contributed by atoms with Gasteiger partial charge >= 0.3 is 0 Å². The molecule has 0 saturated heterocycles. The number of nitrogens with one attached hydrogen (secondary N) is 1. The number of halogens is 2. The van der Waals surface area contributed by atoms with Crippen LogP contribution < -0.4 is 5.32 Å². The van der Waals surface area contributed by atoms with Gasteiger partial charge in [-0.1, -0.05) is 50.6 Å². The second kappa shape index (κ2) is 6.83. The van der Waals surface area contributed by atoms with E-state index in [1.165, 1.54) is 12.1 Å². The highest BCUT2D eigenvalue weighted by atomic mass is 19.3. The lowest BCUT2D eigenvalue weighted by Crippen LogP contribution is -2.37. The van der Waals surface area contributed by atoms with Gasteiger partial charge in [-0.15, -0.1) is 0 Å². The van der Waals surface area contributed by atoms with Crippen molar-refractivity contribution in [3.63, 3.8) is 0 Å². The van der Waals surface area contributed by atoms with Crippen molar-refractivity contribution in [3.8, 4) is 0 Å². The Morgan fingerprint density at radius 2 is 1.78 bits per heavy atom. The van der Waals surface area contributed by atoms with E-state index in [1.54, 1.807) is 18.2 Å². The van der Waals surface area contributed by atoms with Crippen LogP contribution in [0.5, 0.6) is 0 Å². The molecule has 0 aliphatic carbocycles. The first kappa shape index (κ1) is 15.1. The minimum atomic E-state index is -2.80. The van der Waals surface area contributed by atoms with Crippen molar-refractivity contribution in [1.82, 2.24) is 5.32 Å². The molecule has 0 aromatic heterocycles. The summed E-state index contributed by atoms with van der Waals surface area (Å²) in [5, 5.41) is 2.94. The number of benzene rings is 1. The van der Waals surface area contributed by atoms with Crippen molar-refractivity contribution in [3.05, 3.63) is 35.9 Å². The highest BCUT2D eigenvalue weighted by Gasteiger charge is 2.31. The van der Waals surface area contributed by atoms with E-state index in [-0.39, 0.29) is 18.2 Å². The summed E-state index contributed by atoms with van der Waals surface area (Å²) in [6.45, 7) is 5.94. The predicted molar refractivity (Wildman–Crippen MR) is 71.9 cm³/mol. The van der Waals surface area contributed by atoms with Crippen LogP contribution in [-0.4, -0.2) is 12.6 Å². The largest absolute Gasteiger partial charge is 0.308 e. The Morgan fingerprint density at radius 3 is 2.33 bits per heavy atom. The lowest BCUT2D eigenvalue weighted by atomic mass is 10.00. The Morgan fingerprint density at radius 1 is 1.17 bits per heavy atom. The Balaban J connectivity index is 2.47. The minimum absolute atomic E-state index is 0.0771. The summed E-state index contributed by atoms with van der Waals surface area (Å²) < 4.78 is 27.7. The molecule has 0 saturated carbocycles. The molecular formula is C15H23F2N. The number of rotatable bonds is 7. The third-order valence-electron chi connectivity index (χ3n) is 3.32. The first-order valence-corrected chi connectivity index (χ1v) is 6.62. The second-order valence-corrected chi connectivity index (χ2v) is 5.10. The maximum Gasteiger partial charge on any atom is 0.285 e. The van der Waals surface area contributed by atoms with Crippen LogP contribution in [0.25, 0.3) is 0 Å². The van der Waals surface area contributed by atoms with Gasteiger partial charge in [-0.25, -0.2) is 0 Å². The topological polar surface area (TPSA) is 12.0 Å². The lowest BCUT2D eigenvalue weighted by molar-refractivity contribution is -0.00585. The van der Waals surface area contributed by atoms with Crippen LogP contribution >= 0.6 is 0 Å². The number of hydrogen-bond donors (Lipinski definition) is 1. The van der Waals surface area contributed by atoms with Gasteiger partial charge in [0.25, 0.3) is 5.92 Å². The molecule has 0 aliphatic rings. The van der Waals surface area contributed by atoms with Gasteiger partial charge in [0.1, 0.15) is 0 Å². The van der Waals surface area contributed by atoms with Crippen LogP contribution in [0.2, 0.25) is 0 Å². The zero-order valence-corrected chi connectivity index (χ0v) is 11.4. The molecule has 0 aliphatic heterocycles. The number of hydrogen-bond acceptors (Lipinski definition) is 1. The molecule has 0 bridgehead atoms. The average Bonchev–Trinajstić information content (AvgIpc) is 2.37. The van der Waals surface area contributed by atoms with E-state index < -0.39 is 5.92 Å². The molecule has 2 atom stereocenters. The quantitative estimate of drug-likeness (QED) is 0.770. The summed E-state index contributed by atoms with van der Waals surface area (Å²) >= 11 is 0. The zero-order chi connectivity index (χ0) is 13.6. The van der Waals surface area contributed by atoms with Gasteiger partial charge in [-0.3, -0.25) is 0 Å². The van der Waals surface area contributed by atoms with Crippen molar-refractivity contribution < 1.29 is 8.78 Å². The molecule has 0 radical (unpaired) electrons. The molecule has 1 N–H and O–H groups in total. The highest BCUT2D eigenvalue weighted by molar-refractivity contribution is 5.20. The van der Waals surface area contributed by atoms with E-state index >= 15 is 0 Å². The Bertz CT molecular complexity index is 338. The molecule has 0 heterocycles. The van der Waals surface area contributed by atoms with Crippen LogP contribution in [-0.2, 0) is 5.92 Å². The maximum atomic E-state index is 13.9. The Hall–Kier alpha value is -0.960. The van der Waals surface area contributed by atoms with E-state index in [0.717, 1.165) is 12.8 Å². The molecule has 18 heavy (non-hydrogen) atoms. The van der Waals surface area contributed by atoms with Gasteiger partial charge in [0.05, 0.1) is 6.54 Å². The smallest absolute Gasteiger partial charge is 0.285 e. The summed E-state index contributed by atoms with van der Waals surface area (Å²) in [5.74, 6) is -2.23. The van der Waals surface area contributed by atoms with E-state index in [4.69, 9.17) is 0 Å². The van der Waals surface area contributed by atoms with Crippen molar-refractivity contribution in [2.45, 2.75) is 45.6 Å². The highest BCUT2D eigenvalue weighted by Crippen LogP contribution is 2.27. The lowest BCUT2D eigenvalue weighted by Gasteiger charge is -2.22. The van der Waals surface area contributed by atoms with E-state index in [1.807, 2.05) is 6.92 Å². The van der Waals surface area contributed by atoms with E-state index in [0.29, 0.717) is 5.92 Å². The van der Waals surface area contributed by atoms with Crippen LogP contribution in [0.1, 0.15) is 39.2 Å². The number of alkyl halides is 2. The van der Waals surface area contributed by atoms with Gasteiger partial charge in [0, 0.05) is 11.6 Å². The second-order valence-electron chi connectivity index (χ2n) is 5.10. The SMILES string of the molecule is CCC(C)CC(C)NCC(F)(F)c1ccccc1. The first-order valence-electron chi connectivity index (χ1n) is 6.62. The van der Waals surface area contributed by atoms with E-state index in [9.17, 15) is 8.78 Å². The molecule has 1 aromatic rings. The molecule has 1 nitrogen and oxygen atoms in total. The molecular weight excluding hydrogens is 232 g/mol. The standard InChI is InChI=1S/C15H23F2N/c1-4-12(2)10-13(3)18-11-15(16,17)14-8-6-5-7-9-14/h5-9,12-13,18H,4,10-11H2,1-3H3. The average molecular weight is 255 g/mol. The molecule has 2 unspecified atom stereocenters. The summed E-state index contributed by atoms with van der Waals surface area (Å²) in [7, 11) is 0. The van der Waals surface area contributed by atoms with Crippen LogP contribution in [0.3, 0.4) is 0 Å². The summed E-state index contributed by atoms with van der Waals surface area (Å²) in [4.78, 5) is 0. The molecule has 1 rings (SSSR count). The first-order chi connectivity index (χ1) is 8.45. The maximum absolute atomic E-state index is 13.9. The fourth-order valence-electron chi connectivity index (χ4n) is 1.94. The molecule has 3 heteroatoms. The van der Waals surface area contributed by atoms with Gasteiger partial charge < -0.3 is 5.32 Å². The monoisotopic (exact) mass is 255 g/mol. The van der Waals surface area contributed by atoms with Gasteiger partial charge in [0.2, 0.25) is 0 Å². The van der Waals surface area contributed by atoms with Crippen molar-refractivity contribution >= 4 is 0 Å². The third kappa shape index (κ3) is 4.73. The van der Waals surface area contributed by atoms with Crippen molar-refractivity contribution in [2.75, 3.05) is 6.54 Å². The molecule has 0 fully saturated rings. The summed E-state index contributed by atoms with van der Waals surface area (Å²) in [5.41, 5.74) is 0.0771. The van der Waals surface area contributed by atoms with Gasteiger partial charge in [-0.05, 0) is 19.3 Å². The molecule has 0 amide bonds. The van der Waals surface area contributed by atoms with E-state index in [2.05, 4.69) is 19.2 Å². The molecule has 102 valence electrons. The van der Waals surface area contributed by atoms with Crippen LogP contribution in [0.15, 0.2) is 30.3 Å². The summed E-state index contributed by atoms with van der Waals surface area (Å²) in [6.07, 6.45) is 2.02. The third-order valence-corrected chi connectivity index (χ3v) is 3.32. The predicted octanol–water partition coefficient (Wildman–Crippen LogP) is 4.19. The zero-order valence-electron chi connectivity index (χ0n) is 11.4. The molecule has 1 aromatic carbocycles. The minimum Gasteiger partial charge on any atom is -0.308 e. The Labute approximate surface area is 109 Å². The van der Waals surface area contributed by atoms with Crippen LogP contribution in [0.4, 0.5) is 8.78 Å². The molecule has 0 spiro atoms. The fourth-order valence-corrected chi connectivity index (χ4v) is 1.94. The Kier molecular flexibility index (Phi) is 5.73.